The average Bonchev–Trinajstić information content (AvgIpc) is 3.27. The summed E-state index contributed by atoms with van der Waals surface area (Å²) in [5.74, 6) is 0.388. The van der Waals surface area contributed by atoms with Gasteiger partial charge in [0.15, 0.2) is 5.82 Å². The molecule has 0 unspecified atom stereocenters. The Morgan fingerprint density at radius 2 is 2.24 bits per heavy atom. The van der Waals surface area contributed by atoms with E-state index in [0.717, 1.165) is 0 Å². The van der Waals surface area contributed by atoms with E-state index in [-0.39, 0.29) is 11.7 Å². The lowest BCUT2D eigenvalue weighted by Gasteiger charge is -2.23. The summed E-state index contributed by atoms with van der Waals surface area (Å²) in [6, 6.07) is 4.61. The minimum Gasteiger partial charge on any atom is -0.323 e. The number of nitrogens with one attached hydrogen (secondary N) is 1. The van der Waals surface area contributed by atoms with E-state index in [1.807, 2.05) is 6.92 Å². The van der Waals surface area contributed by atoms with Gasteiger partial charge >= 0.3 is 0 Å². The van der Waals surface area contributed by atoms with E-state index in [2.05, 4.69) is 15.4 Å². The summed E-state index contributed by atoms with van der Waals surface area (Å²) < 4.78 is 27.5. The Bertz CT molecular complexity index is 818. The zero-order chi connectivity index (χ0) is 17.9. The molecule has 2 aromatic rings. The van der Waals surface area contributed by atoms with Gasteiger partial charge in [0.05, 0.1) is 17.6 Å². The van der Waals surface area contributed by atoms with Crippen LogP contribution in [0.1, 0.15) is 26.2 Å². The topological polar surface area (TPSA) is 97.2 Å². The highest BCUT2D eigenvalue weighted by Crippen LogP contribution is 2.23. The van der Waals surface area contributed by atoms with E-state index in [9.17, 15) is 13.2 Å². The highest BCUT2D eigenvalue weighted by molar-refractivity contribution is 7.89. The summed E-state index contributed by atoms with van der Waals surface area (Å²) in [7, 11) is -3.39. The number of aromatic nitrogens is 3. The molecule has 0 aliphatic carbocycles. The highest BCUT2D eigenvalue weighted by Gasteiger charge is 2.38. The van der Waals surface area contributed by atoms with Crippen molar-refractivity contribution in [3.63, 3.8) is 0 Å². The monoisotopic (exact) mass is 363 g/mol. The van der Waals surface area contributed by atoms with Crippen molar-refractivity contribution >= 4 is 21.6 Å². The molecule has 0 bridgehead atoms. The third-order valence-corrected chi connectivity index (χ3v) is 6.16. The fourth-order valence-electron chi connectivity index (χ4n) is 2.94. The zero-order valence-electron chi connectivity index (χ0n) is 14.0. The van der Waals surface area contributed by atoms with Crippen LogP contribution in [0.5, 0.6) is 0 Å². The Morgan fingerprint density at radius 3 is 2.88 bits per heavy atom. The van der Waals surface area contributed by atoms with Crippen molar-refractivity contribution in [1.29, 1.82) is 0 Å². The van der Waals surface area contributed by atoms with Gasteiger partial charge in [0, 0.05) is 18.9 Å². The Morgan fingerprint density at radius 1 is 1.40 bits per heavy atom. The maximum atomic E-state index is 12.5. The molecule has 1 N–H and O–H groups in total. The molecular formula is C16H21N5O3S. The van der Waals surface area contributed by atoms with Crippen molar-refractivity contribution in [2.45, 2.75) is 32.2 Å². The lowest BCUT2D eigenvalue weighted by Crippen LogP contribution is -2.44. The predicted molar refractivity (Wildman–Crippen MR) is 93.8 cm³/mol. The van der Waals surface area contributed by atoms with Crippen LogP contribution in [0.3, 0.4) is 0 Å². The second-order valence-corrected chi connectivity index (χ2v) is 7.97. The fraction of sp³-hybridized carbons (Fsp3) is 0.438. The summed E-state index contributed by atoms with van der Waals surface area (Å²) in [5.41, 5.74) is 0.528. The lowest BCUT2D eigenvalue weighted by molar-refractivity contribution is -0.119. The van der Waals surface area contributed by atoms with Crippen LogP contribution in [0, 0.1) is 0 Å². The normalized spacial score (nSPS) is 18.4. The lowest BCUT2D eigenvalue weighted by atomic mass is 10.2. The molecule has 0 radical (unpaired) electrons. The Hall–Kier alpha value is -2.26. The van der Waals surface area contributed by atoms with Gasteiger partial charge in [-0.25, -0.2) is 18.1 Å². The molecule has 0 aromatic carbocycles. The molecule has 1 fully saturated rings. The number of hydrogen-bond donors (Lipinski definition) is 1. The van der Waals surface area contributed by atoms with Gasteiger partial charge in [-0.15, -0.1) is 0 Å². The maximum Gasteiger partial charge on any atom is 0.242 e. The summed E-state index contributed by atoms with van der Waals surface area (Å²) in [5, 5.41) is 6.85. The SMILES string of the molecule is CCCS(=O)(=O)N1CCC[C@@H]1C(=O)Nc1ccc(-n2cccn2)nc1. The van der Waals surface area contributed by atoms with E-state index in [0.29, 0.717) is 37.3 Å². The smallest absolute Gasteiger partial charge is 0.242 e. The number of rotatable bonds is 6. The molecule has 2 aromatic heterocycles. The molecule has 1 aliphatic rings. The number of carbonyl (C=O) groups is 1. The van der Waals surface area contributed by atoms with Crippen LogP contribution < -0.4 is 5.32 Å². The third-order valence-electron chi connectivity index (χ3n) is 4.08. The molecule has 8 nitrogen and oxygen atoms in total. The largest absolute Gasteiger partial charge is 0.323 e. The first kappa shape index (κ1) is 17.6. The van der Waals surface area contributed by atoms with E-state index >= 15 is 0 Å². The van der Waals surface area contributed by atoms with Crippen molar-refractivity contribution in [1.82, 2.24) is 19.1 Å². The van der Waals surface area contributed by atoms with Gasteiger partial charge < -0.3 is 5.32 Å². The van der Waals surface area contributed by atoms with Gasteiger partial charge in [0.2, 0.25) is 15.9 Å². The van der Waals surface area contributed by atoms with Crippen LogP contribution in [0.4, 0.5) is 5.69 Å². The molecule has 0 spiro atoms. The van der Waals surface area contributed by atoms with Crippen molar-refractivity contribution in [2.75, 3.05) is 17.6 Å². The fourth-order valence-corrected chi connectivity index (χ4v) is 4.68. The summed E-state index contributed by atoms with van der Waals surface area (Å²) in [6.45, 7) is 2.21. The molecule has 1 atom stereocenters. The first-order valence-electron chi connectivity index (χ1n) is 8.27. The van der Waals surface area contributed by atoms with Gasteiger partial charge in [-0.05, 0) is 37.5 Å². The molecule has 1 amide bonds. The van der Waals surface area contributed by atoms with Crippen molar-refractivity contribution < 1.29 is 13.2 Å². The van der Waals surface area contributed by atoms with Gasteiger partial charge in [0.25, 0.3) is 0 Å². The predicted octanol–water partition coefficient (Wildman–Crippen LogP) is 1.41. The van der Waals surface area contributed by atoms with Gasteiger partial charge in [-0.3, -0.25) is 4.79 Å². The zero-order valence-corrected chi connectivity index (χ0v) is 14.8. The van der Waals surface area contributed by atoms with Crippen molar-refractivity contribution in [2.24, 2.45) is 0 Å². The third kappa shape index (κ3) is 3.88. The number of anilines is 1. The maximum absolute atomic E-state index is 12.5. The molecule has 134 valence electrons. The van der Waals surface area contributed by atoms with Gasteiger partial charge in [0.1, 0.15) is 6.04 Å². The minimum absolute atomic E-state index is 0.0664. The molecule has 25 heavy (non-hydrogen) atoms. The first-order chi connectivity index (χ1) is 12.0. The average molecular weight is 363 g/mol. The van der Waals surface area contributed by atoms with Gasteiger partial charge in [-0.2, -0.15) is 9.40 Å². The Balaban J connectivity index is 1.69. The summed E-state index contributed by atoms with van der Waals surface area (Å²) in [4.78, 5) is 16.8. The van der Waals surface area contributed by atoms with Crippen LogP contribution in [-0.2, 0) is 14.8 Å². The molecular weight excluding hydrogens is 342 g/mol. The van der Waals surface area contributed by atoms with Crippen molar-refractivity contribution in [3.05, 3.63) is 36.8 Å². The quantitative estimate of drug-likeness (QED) is 0.837. The van der Waals surface area contributed by atoms with Crippen LogP contribution in [0.2, 0.25) is 0 Å². The molecule has 1 aliphatic heterocycles. The summed E-state index contributed by atoms with van der Waals surface area (Å²) in [6.07, 6.45) is 6.73. The second kappa shape index (κ2) is 7.32. The van der Waals surface area contributed by atoms with Crippen LogP contribution in [-0.4, -0.2) is 51.7 Å². The number of amides is 1. The number of hydrogen-bond acceptors (Lipinski definition) is 5. The first-order valence-corrected chi connectivity index (χ1v) is 9.88. The molecule has 3 heterocycles. The Labute approximate surface area is 146 Å². The van der Waals surface area contributed by atoms with Crippen LogP contribution in [0.15, 0.2) is 36.8 Å². The number of nitrogens with zero attached hydrogens (tertiary/aromatic N) is 4. The van der Waals surface area contributed by atoms with E-state index in [4.69, 9.17) is 0 Å². The standard InChI is InChI=1S/C16H21N5O3S/c1-2-11-25(23,24)21-10-3-5-14(21)16(22)19-13-6-7-15(17-12-13)20-9-4-8-18-20/h4,6-9,12,14H,2-3,5,10-11H2,1H3,(H,19,22)/t14-/m1/s1. The minimum atomic E-state index is -3.39. The summed E-state index contributed by atoms with van der Waals surface area (Å²) >= 11 is 0. The van der Waals surface area contributed by atoms with E-state index in [1.165, 1.54) is 10.5 Å². The highest BCUT2D eigenvalue weighted by atomic mass is 32.2. The molecule has 9 heteroatoms. The number of carbonyl (C=O) groups excluding carboxylic acids is 1. The number of pyridine rings is 1. The van der Waals surface area contributed by atoms with E-state index < -0.39 is 16.1 Å². The Kier molecular flexibility index (Phi) is 5.14. The number of sulfonamides is 1. The molecule has 3 rings (SSSR count). The molecule has 1 saturated heterocycles. The van der Waals surface area contributed by atoms with Gasteiger partial charge in [-0.1, -0.05) is 6.92 Å². The van der Waals surface area contributed by atoms with Crippen LogP contribution in [0.25, 0.3) is 5.82 Å². The molecule has 0 saturated carbocycles. The van der Waals surface area contributed by atoms with E-state index in [1.54, 1.807) is 35.3 Å². The second-order valence-electron chi connectivity index (χ2n) is 5.93. The van der Waals surface area contributed by atoms with Crippen molar-refractivity contribution in [3.8, 4) is 5.82 Å². The van der Waals surface area contributed by atoms with Crippen LogP contribution >= 0.6 is 0 Å².